The Morgan fingerprint density at radius 3 is 2.55 bits per heavy atom. The van der Waals surface area contributed by atoms with Crippen LogP contribution in [-0.4, -0.2) is 40.6 Å². The van der Waals surface area contributed by atoms with Crippen LogP contribution in [0.4, 0.5) is 0 Å². The van der Waals surface area contributed by atoms with E-state index in [9.17, 15) is 4.79 Å². The van der Waals surface area contributed by atoms with Gasteiger partial charge in [0.25, 0.3) is 5.91 Å². The Hall–Kier alpha value is -2.86. The van der Waals surface area contributed by atoms with Crippen LogP contribution in [0.25, 0.3) is 11.4 Å². The highest BCUT2D eigenvalue weighted by molar-refractivity contribution is 6.30. The fraction of sp³-hybridized carbons (Fsp3) is 0.318. The van der Waals surface area contributed by atoms with E-state index in [1.54, 1.807) is 29.2 Å². The second kappa shape index (κ2) is 10.1. The molecule has 0 N–H and O–H groups in total. The van der Waals surface area contributed by atoms with Gasteiger partial charge in [-0.15, -0.1) is 0 Å². The van der Waals surface area contributed by atoms with Crippen LogP contribution in [0.15, 0.2) is 59.1 Å². The summed E-state index contributed by atoms with van der Waals surface area (Å²) < 4.78 is 10.9. The van der Waals surface area contributed by atoms with Crippen LogP contribution >= 0.6 is 11.6 Å². The number of hydrogen-bond donors (Lipinski definition) is 0. The molecule has 0 saturated heterocycles. The highest BCUT2D eigenvalue weighted by Gasteiger charge is 2.17. The summed E-state index contributed by atoms with van der Waals surface area (Å²) in [6.45, 7) is 5.22. The molecule has 1 heterocycles. The predicted molar refractivity (Wildman–Crippen MR) is 112 cm³/mol. The zero-order valence-electron chi connectivity index (χ0n) is 16.5. The van der Waals surface area contributed by atoms with Gasteiger partial charge in [-0.1, -0.05) is 60.9 Å². The summed E-state index contributed by atoms with van der Waals surface area (Å²) in [6.07, 6.45) is 0.485. The summed E-state index contributed by atoms with van der Waals surface area (Å²) >= 11 is 5.87. The Kier molecular flexibility index (Phi) is 7.25. The number of benzene rings is 2. The number of halogens is 1. The summed E-state index contributed by atoms with van der Waals surface area (Å²) in [7, 11) is 0. The van der Waals surface area contributed by atoms with Gasteiger partial charge < -0.3 is 14.2 Å². The van der Waals surface area contributed by atoms with Crippen LogP contribution in [0, 0.1) is 5.92 Å². The molecule has 0 aliphatic carbocycles. The number of hydrogen-bond acceptors (Lipinski definition) is 5. The van der Waals surface area contributed by atoms with Crippen molar-refractivity contribution in [1.82, 2.24) is 15.0 Å². The van der Waals surface area contributed by atoms with Gasteiger partial charge in [0, 0.05) is 30.1 Å². The Morgan fingerprint density at radius 2 is 1.86 bits per heavy atom. The summed E-state index contributed by atoms with van der Waals surface area (Å²) in [5.41, 5.74) is 0.897. The van der Waals surface area contributed by atoms with Gasteiger partial charge in [-0.25, -0.2) is 0 Å². The van der Waals surface area contributed by atoms with Crippen LogP contribution in [0.5, 0.6) is 5.75 Å². The van der Waals surface area contributed by atoms with Crippen molar-refractivity contribution >= 4 is 17.5 Å². The molecule has 0 radical (unpaired) electrons. The molecule has 7 heteroatoms. The topological polar surface area (TPSA) is 68.5 Å². The van der Waals surface area contributed by atoms with Crippen molar-refractivity contribution in [2.24, 2.45) is 5.92 Å². The maximum absolute atomic E-state index is 12.7. The SMILES string of the molecule is CC(C)CN(CCc1nc(-c2ccccc2)no1)C(=O)COc1ccc(Cl)cc1. The number of carbonyl (C=O) groups is 1. The molecule has 2 aromatic carbocycles. The lowest BCUT2D eigenvalue weighted by Gasteiger charge is -2.24. The lowest BCUT2D eigenvalue weighted by molar-refractivity contribution is -0.133. The van der Waals surface area contributed by atoms with Crippen molar-refractivity contribution in [3.05, 3.63) is 65.5 Å². The minimum absolute atomic E-state index is 0.0343. The smallest absolute Gasteiger partial charge is 0.260 e. The quantitative estimate of drug-likeness (QED) is 0.516. The standard InChI is InChI=1S/C22H24ClN3O3/c1-16(2)14-26(21(27)15-28-19-10-8-18(23)9-11-19)13-12-20-24-22(25-29-20)17-6-4-3-5-7-17/h3-11,16H,12-15H2,1-2H3. The predicted octanol–water partition coefficient (Wildman–Crippen LogP) is 4.50. The van der Waals surface area contributed by atoms with Gasteiger partial charge in [-0.2, -0.15) is 4.98 Å². The van der Waals surface area contributed by atoms with Gasteiger partial charge in [-0.3, -0.25) is 4.79 Å². The van der Waals surface area contributed by atoms with E-state index in [0.717, 1.165) is 5.56 Å². The van der Waals surface area contributed by atoms with Crippen molar-refractivity contribution in [1.29, 1.82) is 0 Å². The molecule has 0 unspecified atom stereocenters. The van der Waals surface area contributed by atoms with Crippen LogP contribution < -0.4 is 4.74 Å². The minimum Gasteiger partial charge on any atom is -0.484 e. The van der Waals surface area contributed by atoms with Crippen molar-refractivity contribution in [3.63, 3.8) is 0 Å². The Morgan fingerprint density at radius 1 is 1.14 bits per heavy atom. The Bertz CT molecular complexity index is 911. The molecule has 1 aromatic heterocycles. The molecule has 3 aromatic rings. The fourth-order valence-electron chi connectivity index (χ4n) is 2.82. The fourth-order valence-corrected chi connectivity index (χ4v) is 2.94. The van der Waals surface area contributed by atoms with E-state index in [1.165, 1.54) is 0 Å². The number of rotatable bonds is 9. The molecule has 6 nitrogen and oxygen atoms in total. The zero-order valence-corrected chi connectivity index (χ0v) is 17.3. The monoisotopic (exact) mass is 413 g/mol. The van der Waals surface area contributed by atoms with Gasteiger partial charge in [-0.05, 0) is 30.2 Å². The first-order valence-corrected chi connectivity index (χ1v) is 9.93. The lowest BCUT2D eigenvalue weighted by Crippen LogP contribution is -2.39. The van der Waals surface area contributed by atoms with Crippen molar-refractivity contribution in [3.8, 4) is 17.1 Å². The number of nitrogens with zero attached hydrogens (tertiary/aromatic N) is 3. The summed E-state index contributed by atoms with van der Waals surface area (Å²) in [6, 6.07) is 16.6. The number of amides is 1. The second-order valence-electron chi connectivity index (χ2n) is 7.10. The third-order valence-corrected chi connectivity index (χ3v) is 4.46. The Balaban J connectivity index is 1.57. The minimum atomic E-state index is -0.0866. The van der Waals surface area contributed by atoms with Gasteiger partial charge in [0.2, 0.25) is 11.7 Å². The summed E-state index contributed by atoms with van der Waals surface area (Å²) in [4.78, 5) is 18.9. The summed E-state index contributed by atoms with van der Waals surface area (Å²) in [5.74, 6) is 1.91. The molecule has 29 heavy (non-hydrogen) atoms. The first-order valence-electron chi connectivity index (χ1n) is 9.55. The largest absolute Gasteiger partial charge is 0.484 e. The molecule has 0 fully saturated rings. The van der Waals surface area contributed by atoms with Crippen LogP contribution in [-0.2, 0) is 11.2 Å². The van der Waals surface area contributed by atoms with Crippen molar-refractivity contribution < 1.29 is 14.1 Å². The average Bonchev–Trinajstić information content (AvgIpc) is 3.20. The molecule has 0 aliphatic rings. The molecule has 0 bridgehead atoms. The van der Waals surface area contributed by atoms with Gasteiger partial charge >= 0.3 is 0 Å². The molecule has 3 rings (SSSR count). The molecule has 0 saturated carbocycles. The van der Waals surface area contributed by atoms with Gasteiger partial charge in [0.15, 0.2) is 6.61 Å². The van der Waals surface area contributed by atoms with Crippen LogP contribution in [0.2, 0.25) is 5.02 Å². The highest BCUT2D eigenvalue weighted by atomic mass is 35.5. The van der Waals surface area contributed by atoms with Crippen molar-refractivity contribution in [2.75, 3.05) is 19.7 Å². The van der Waals surface area contributed by atoms with E-state index in [1.807, 2.05) is 30.3 Å². The summed E-state index contributed by atoms with van der Waals surface area (Å²) in [5, 5.41) is 4.65. The van der Waals surface area contributed by atoms with E-state index in [4.69, 9.17) is 20.9 Å². The third kappa shape index (κ3) is 6.32. The molecule has 1 amide bonds. The third-order valence-electron chi connectivity index (χ3n) is 4.21. The Labute approximate surface area is 175 Å². The first-order chi connectivity index (χ1) is 14.0. The second-order valence-corrected chi connectivity index (χ2v) is 7.54. The molecular formula is C22H24ClN3O3. The van der Waals surface area contributed by atoms with Crippen molar-refractivity contribution in [2.45, 2.75) is 20.3 Å². The average molecular weight is 414 g/mol. The van der Waals surface area contributed by atoms with Gasteiger partial charge in [0.05, 0.1) is 0 Å². The van der Waals surface area contributed by atoms with Gasteiger partial charge in [0.1, 0.15) is 5.75 Å². The van der Waals surface area contributed by atoms with E-state index in [2.05, 4.69) is 24.0 Å². The molecule has 152 valence electrons. The van der Waals surface area contributed by atoms with Crippen LogP contribution in [0.3, 0.4) is 0 Å². The number of aromatic nitrogens is 2. The van der Waals surface area contributed by atoms with E-state index in [0.29, 0.717) is 47.9 Å². The number of carbonyl (C=O) groups excluding carboxylic acids is 1. The highest BCUT2D eigenvalue weighted by Crippen LogP contribution is 2.17. The first kappa shape index (κ1) is 20.9. The lowest BCUT2D eigenvalue weighted by atomic mass is 10.2. The van der Waals surface area contributed by atoms with E-state index in [-0.39, 0.29) is 12.5 Å². The maximum Gasteiger partial charge on any atom is 0.260 e. The number of ether oxygens (including phenoxy) is 1. The molecule has 0 aliphatic heterocycles. The van der Waals surface area contributed by atoms with Crippen LogP contribution in [0.1, 0.15) is 19.7 Å². The molecule has 0 atom stereocenters. The zero-order chi connectivity index (χ0) is 20.6. The normalized spacial score (nSPS) is 10.9. The van der Waals surface area contributed by atoms with E-state index < -0.39 is 0 Å². The molecular weight excluding hydrogens is 390 g/mol. The maximum atomic E-state index is 12.7. The molecule has 0 spiro atoms. The van der Waals surface area contributed by atoms with E-state index >= 15 is 0 Å².